The smallest absolute Gasteiger partial charge is 0.295 e. The van der Waals surface area contributed by atoms with Gasteiger partial charge in [0.2, 0.25) is 5.78 Å². The fourth-order valence-electron chi connectivity index (χ4n) is 3.30. The second kappa shape index (κ2) is 8.80. The number of amides is 1. The molecule has 29 heavy (non-hydrogen) atoms. The summed E-state index contributed by atoms with van der Waals surface area (Å²) in [7, 11) is 3.97. The van der Waals surface area contributed by atoms with Crippen molar-refractivity contribution in [3.8, 4) is 5.75 Å². The Morgan fingerprint density at radius 2 is 1.90 bits per heavy atom. The van der Waals surface area contributed by atoms with Crippen molar-refractivity contribution in [1.82, 2.24) is 4.90 Å². The number of ether oxygens (including phenoxy) is 1. The molecule has 1 atom stereocenters. The number of carbonyl (C=O) groups is 2. The fourth-order valence-corrected chi connectivity index (χ4v) is 4.15. The summed E-state index contributed by atoms with van der Waals surface area (Å²) in [5, 5.41) is 15.1. The van der Waals surface area contributed by atoms with Gasteiger partial charge in [-0.1, -0.05) is 24.0 Å². The van der Waals surface area contributed by atoms with Gasteiger partial charge in [-0.15, -0.1) is 11.3 Å². The number of nitrogens with one attached hydrogen (secondary N) is 1. The second-order valence-electron chi connectivity index (χ2n) is 7.64. The van der Waals surface area contributed by atoms with E-state index in [1.54, 1.807) is 24.3 Å². The topological polar surface area (TPSA) is 74.1 Å². The van der Waals surface area contributed by atoms with Gasteiger partial charge in [0.15, 0.2) is 0 Å². The van der Waals surface area contributed by atoms with Gasteiger partial charge in [0.25, 0.3) is 5.91 Å². The fraction of sp³-hybridized carbons (Fsp3) is 0.364. The lowest BCUT2D eigenvalue weighted by molar-refractivity contribution is -0.857. The molecular weight excluding hydrogens is 388 g/mol. The zero-order valence-electron chi connectivity index (χ0n) is 17.1. The highest BCUT2D eigenvalue weighted by molar-refractivity contribution is 7.10. The van der Waals surface area contributed by atoms with Crippen LogP contribution >= 0.6 is 11.3 Å². The molecule has 1 amide bonds. The van der Waals surface area contributed by atoms with Crippen LogP contribution in [-0.2, 0) is 9.59 Å². The quantitative estimate of drug-likeness (QED) is 0.415. The summed E-state index contributed by atoms with van der Waals surface area (Å²) < 4.78 is 5.62. The summed E-state index contributed by atoms with van der Waals surface area (Å²) >= 11 is 1.44. The minimum absolute atomic E-state index is 0.0237. The highest BCUT2D eigenvalue weighted by atomic mass is 32.1. The number of benzene rings is 1. The predicted octanol–water partition coefficient (Wildman–Crippen LogP) is 0.904. The Bertz CT molecular complexity index is 901. The third-order valence-corrected chi connectivity index (χ3v) is 5.61. The van der Waals surface area contributed by atoms with Crippen LogP contribution in [0.5, 0.6) is 5.75 Å². The SMILES string of the molecule is CC(C)Oc1ccc(/C([O-])=C2\C(=O)C(=O)N(CC[NH+](C)C)C2c2cccs2)cc1. The lowest BCUT2D eigenvalue weighted by atomic mass is 10.00. The average Bonchev–Trinajstić information content (AvgIpc) is 3.27. The van der Waals surface area contributed by atoms with E-state index in [0.717, 1.165) is 9.78 Å². The number of hydrogen-bond donors (Lipinski definition) is 1. The van der Waals surface area contributed by atoms with Crippen molar-refractivity contribution < 1.29 is 24.3 Å². The Hall–Kier alpha value is -2.64. The lowest BCUT2D eigenvalue weighted by Gasteiger charge is -2.26. The highest BCUT2D eigenvalue weighted by Crippen LogP contribution is 2.40. The van der Waals surface area contributed by atoms with Crippen LogP contribution in [0.3, 0.4) is 0 Å². The van der Waals surface area contributed by atoms with E-state index in [2.05, 4.69) is 0 Å². The van der Waals surface area contributed by atoms with E-state index in [-0.39, 0.29) is 11.7 Å². The molecule has 1 aliphatic heterocycles. The number of ketones is 1. The van der Waals surface area contributed by atoms with E-state index in [0.29, 0.717) is 24.4 Å². The molecule has 6 nitrogen and oxygen atoms in total. The van der Waals surface area contributed by atoms with E-state index in [9.17, 15) is 14.7 Å². The van der Waals surface area contributed by atoms with Crippen molar-refractivity contribution in [2.75, 3.05) is 27.2 Å². The van der Waals surface area contributed by atoms with Gasteiger partial charge in [-0.3, -0.25) is 9.59 Å². The first-order valence-corrected chi connectivity index (χ1v) is 10.5. The van der Waals surface area contributed by atoms with E-state index in [1.807, 2.05) is 45.5 Å². The third-order valence-electron chi connectivity index (χ3n) is 4.68. The summed E-state index contributed by atoms with van der Waals surface area (Å²) in [6.45, 7) is 4.94. The standard InChI is InChI=1S/C22H26N2O4S/c1-14(2)28-16-9-7-15(8-10-16)20(25)18-19(17-6-5-13-29-17)24(12-11-23(3)4)22(27)21(18)26/h5-10,13-14,19,25H,11-12H2,1-4H3/b20-18+. The molecule has 1 aliphatic rings. The molecule has 7 heteroatoms. The molecule has 1 saturated heterocycles. The molecule has 0 bridgehead atoms. The molecule has 0 aliphatic carbocycles. The van der Waals surface area contributed by atoms with Crippen LogP contribution in [0.15, 0.2) is 47.4 Å². The zero-order chi connectivity index (χ0) is 21.1. The molecule has 0 radical (unpaired) electrons. The van der Waals surface area contributed by atoms with E-state index >= 15 is 0 Å². The van der Waals surface area contributed by atoms with Crippen LogP contribution in [-0.4, -0.2) is 49.9 Å². The first-order chi connectivity index (χ1) is 13.8. The molecule has 2 aromatic rings. The van der Waals surface area contributed by atoms with Gasteiger partial charge >= 0.3 is 0 Å². The van der Waals surface area contributed by atoms with Crippen molar-refractivity contribution in [3.05, 3.63) is 57.8 Å². The number of quaternary nitrogens is 1. The van der Waals surface area contributed by atoms with Crippen molar-refractivity contribution in [2.45, 2.75) is 26.0 Å². The van der Waals surface area contributed by atoms with Crippen LogP contribution < -0.4 is 14.7 Å². The summed E-state index contributed by atoms with van der Waals surface area (Å²) in [6, 6.07) is 9.80. The van der Waals surface area contributed by atoms with Crippen molar-refractivity contribution in [3.63, 3.8) is 0 Å². The number of thiophene rings is 1. The van der Waals surface area contributed by atoms with Crippen LogP contribution in [0.4, 0.5) is 0 Å². The van der Waals surface area contributed by atoms with E-state index in [1.165, 1.54) is 16.2 Å². The van der Waals surface area contributed by atoms with Gasteiger partial charge in [-0.05, 0) is 43.0 Å². The van der Waals surface area contributed by atoms with Gasteiger partial charge in [0, 0.05) is 10.5 Å². The number of likely N-dealkylation sites (tertiary alicyclic amines) is 1. The number of rotatable bonds is 7. The maximum atomic E-state index is 13.2. The number of Topliss-reactive ketones (excluding diaryl/α,β-unsaturated/α-hetero) is 1. The monoisotopic (exact) mass is 414 g/mol. The Kier molecular flexibility index (Phi) is 6.39. The van der Waals surface area contributed by atoms with E-state index in [4.69, 9.17) is 4.74 Å². The van der Waals surface area contributed by atoms with Crippen molar-refractivity contribution >= 4 is 28.8 Å². The molecular formula is C22H26N2O4S. The van der Waals surface area contributed by atoms with Crippen LogP contribution in [0.1, 0.15) is 30.3 Å². The molecule has 154 valence electrons. The summed E-state index contributed by atoms with van der Waals surface area (Å²) in [5.41, 5.74) is 0.405. The van der Waals surface area contributed by atoms with Crippen molar-refractivity contribution in [2.24, 2.45) is 0 Å². The summed E-state index contributed by atoms with van der Waals surface area (Å²) in [4.78, 5) is 29.1. The molecule has 1 N–H and O–H groups in total. The third kappa shape index (κ3) is 4.52. The Morgan fingerprint density at radius 1 is 1.21 bits per heavy atom. The number of likely N-dealkylation sites (N-methyl/N-ethyl adjacent to an activating group) is 1. The van der Waals surface area contributed by atoms with Crippen LogP contribution in [0.2, 0.25) is 0 Å². The molecule has 1 unspecified atom stereocenters. The normalized spacial score (nSPS) is 18.8. The van der Waals surface area contributed by atoms with Gasteiger partial charge in [0.1, 0.15) is 5.75 Å². The number of carbonyl (C=O) groups excluding carboxylic acids is 2. The maximum absolute atomic E-state index is 13.2. The van der Waals surface area contributed by atoms with Gasteiger partial charge < -0.3 is 19.6 Å². The van der Waals surface area contributed by atoms with Crippen molar-refractivity contribution in [1.29, 1.82) is 0 Å². The van der Waals surface area contributed by atoms with Gasteiger partial charge in [-0.25, -0.2) is 0 Å². The number of hydrogen-bond acceptors (Lipinski definition) is 5. The molecule has 2 heterocycles. The second-order valence-corrected chi connectivity index (χ2v) is 8.62. The van der Waals surface area contributed by atoms with Gasteiger partial charge in [-0.2, -0.15) is 0 Å². The largest absolute Gasteiger partial charge is 0.872 e. The first kappa shape index (κ1) is 21.1. The lowest BCUT2D eigenvalue weighted by Crippen LogP contribution is -3.06. The van der Waals surface area contributed by atoms with Crippen LogP contribution in [0.25, 0.3) is 5.76 Å². The summed E-state index contributed by atoms with van der Waals surface area (Å²) in [5.74, 6) is -1.06. The molecule has 1 aromatic heterocycles. The first-order valence-electron chi connectivity index (χ1n) is 9.65. The molecule has 1 aromatic carbocycles. The minimum Gasteiger partial charge on any atom is -0.872 e. The maximum Gasteiger partial charge on any atom is 0.295 e. The molecule has 0 saturated carbocycles. The highest BCUT2D eigenvalue weighted by Gasteiger charge is 2.44. The van der Waals surface area contributed by atoms with Crippen LogP contribution in [0, 0.1) is 0 Å². The molecule has 1 fully saturated rings. The number of nitrogens with zero attached hydrogens (tertiary/aromatic N) is 1. The Labute approximate surface area is 175 Å². The minimum atomic E-state index is -0.704. The predicted molar refractivity (Wildman–Crippen MR) is 111 cm³/mol. The van der Waals surface area contributed by atoms with Gasteiger partial charge in [0.05, 0.1) is 39.3 Å². The zero-order valence-corrected chi connectivity index (χ0v) is 17.9. The Morgan fingerprint density at radius 3 is 2.45 bits per heavy atom. The molecule has 0 spiro atoms. The Balaban J connectivity index is 2.02. The average molecular weight is 415 g/mol. The molecule has 3 rings (SSSR count). The van der Waals surface area contributed by atoms with E-state index < -0.39 is 23.5 Å². The summed E-state index contributed by atoms with van der Waals surface area (Å²) in [6.07, 6.45) is 0.0237.